The molecule has 0 aliphatic rings. The van der Waals surface area contributed by atoms with Crippen molar-refractivity contribution in [1.29, 1.82) is 0 Å². The van der Waals surface area contributed by atoms with Crippen LogP contribution in [0.15, 0.2) is 47.0 Å². The summed E-state index contributed by atoms with van der Waals surface area (Å²) >= 11 is 5.93. The number of hydrogen-bond acceptors (Lipinski definition) is 7. The molecule has 0 aliphatic heterocycles. The molecular weight excluding hydrogens is 448 g/mol. The molecule has 0 fully saturated rings. The summed E-state index contributed by atoms with van der Waals surface area (Å²) in [5.74, 6) is -1.16. The average Bonchev–Trinajstić information content (AvgIpc) is 3.21. The minimum atomic E-state index is -0.695. The van der Waals surface area contributed by atoms with E-state index >= 15 is 0 Å². The monoisotopic (exact) mass is 470 g/mol. The highest BCUT2D eigenvalue weighted by atomic mass is 35.5. The van der Waals surface area contributed by atoms with E-state index in [4.69, 9.17) is 25.6 Å². The lowest BCUT2D eigenvalue weighted by Crippen LogP contribution is -2.16. The van der Waals surface area contributed by atoms with Crippen LogP contribution in [0.25, 0.3) is 11.3 Å². The van der Waals surface area contributed by atoms with Crippen LogP contribution in [0.5, 0.6) is 5.75 Å². The summed E-state index contributed by atoms with van der Waals surface area (Å²) < 4.78 is 15.6. The molecule has 1 N–H and O–H groups in total. The summed E-state index contributed by atoms with van der Waals surface area (Å²) in [7, 11) is 1.48. The fraction of sp³-hybridized carbons (Fsp3) is 0.250. The number of ketones is 1. The molecule has 2 aromatic carbocycles. The number of ether oxygens (including phenoxy) is 2. The number of carbonyl (C=O) groups is 3. The Balaban J connectivity index is 1.76. The van der Waals surface area contributed by atoms with Crippen molar-refractivity contribution in [2.75, 3.05) is 19.0 Å². The van der Waals surface area contributed by atoms with Crippen LogP contribution >= 0.6 is 11.6 Å². The van der Waals surface area contributed by atoms with Crippen molar-refractivity contribution in [2.24, 2.45) is 0 Å². The van der Waals surface area contributed by atoms with Gasteiger partial charge in [0.05, 0.1) is 19.3 Å². The van der Waals surface area contributed by atoms with Gasteiger partial charge in [-0.2, -0.15) is 0 Å². The van der Waals surface area contributed by atoms with E-state index in [2.05, 4.69) is 10.5 Å². The third kappa shape index (κ3) is 5.78. The highest BCUT2D eigenvalue weighted by Gasteiger charge is 2.27. The molecule has 3 rings (SSSR count). The SMILES string of the molecule is CCOC(=O)c1c(-c2ccc(Cl)cc2)noc1NC(=O)CCC(=O)c1cc(C)ccc1OC. The molecule has 0 unspecified atom stereocenters. The molecule has 0 aliphatic carbocycles. The summed E-state index contributed by atoms with van der Waals surface area (Å²) in [6.07, 6.45) is -0.187. The highest BCUT2D eigenvalue weighted by Crippen LogP contribution is 2.31. The predicted molar refractivity (Wildman–Crippen MR) is 123 cm³/mol. The van der Waals surface area contributed by atoms with Crippen LogP contribution in [0, 0.1) is 6.92 Å². The van der Waals surface area contributed by atoms with Crippen molar-refractivity contribution in [3.05, 3.63) is 64.2 Å². The molecule has 33 heavy (non-hydrogen) atoms. The molecule has 1 heterocycles. The van der Waals surface area contributed by atoms with Crippen LogP contribution < -0.4 is 10.1 Å². The maximum atomic E-state index is 12.6. The molecule has 0 radical (unpaired) electrons. The fourth-order valence-electron chi connectivity index (χ4n) is 3.16. The first-order valence-electron chi connectivity index (χ1n) is 10.2. The van der Waals surface area contributed by atoms with Crippen LogP contribution in [0.3, 0.4) is 0 Å². The summed E-state index contributed by atoms with van der Waals surface area (Å²) in [4.78, 5) is 37.7. The predicted octanol–water partition coefficient (Wildman–Crippen LogP) is 5.09. The number of anilines is 1. The first kappa shape index (κ1) is 24.0. The maximum absolute atomic E-state index is 12.6. The van der Waals surface area contributed by atoms with E-state index in [1.165, 1.54) is 7.11 Å². The van der Waals surface area contributed by atoms with Crippen molar-refractivity contribution >= 4 is 35.1 Å². The van der Waals surface area contributed by atoms with Crippen LogP contribution in [0.4, 0.5) is 5.88 Å². The number of halogens is 1. The van der Waals surface area contributed by atoms with Crippen molar-refractivity contribution in [3.63, 3.8) is 0 Å². The Morgan fingerprint density at radius 3 is 2.48 bits per heavy atom. The van der Waals surface area contributed by atoms with E-state index in [-0.39, 0.29) is 42.4 Å². The number of Topliss-reactive ketones (excluding diaryl/α,β-unsaturated/α-hetero) is 1. The van der Waals surface area contributed by atoms with Gasteiger partial charge in [0.15, 0.2) is 11.3 Å². The van der Waals surface area contributed by atoms with Gasteiger partial charge < -0.3 is 14.0 Å². The lowest BCUT2D eigenvalue weighted by Gasteiger charge is -2.09. The molecule has 0 bridgehead atoms. The topological polar surface area (TPSA) is 108 Å². The van der Waals surface area contributed by atoms with E-state index < -0.39 is 11.9 Å². The molecule has 1 aromatic heterocycles. The Hall–Kier alpha value is -3.65. The quantitative estimate of drug-likeness (QED) is 0.342. The number of aryl methyl sites for hydroxylation is 1. The van der Waals surface area contributed by atoms with Gasteiger partial charge in [0.1, 0.15) is 11.4 Å². The summed E-state index contributed by atoms with van der Waals surface area (Å²) in [6.45, 7) is 3.66. The van der Waals surface area contributed by atoms with Crippen LogP contribution in [0.2, 0.25) is 5.02 Å². The maximum Gasteiger partial charge on any atom is 0.346 e. The Morgan fingerprint density at radius 1 is 1.09 bits per heavy atom. The first-order chi connectivity index (χ1) is 15.8. The number of hydrogen-bond donors (Lipinski definition) is 1. The number of benzene rings is 2. The molecule has 9 heteroatoms. The fourth-order valence-corrected chi connectivity index (χ4v) is 3.29. The largest absolute Gasteiger partial charge is 0.496 e. The normalized spacial score (nSPS) is 10.5. The molecule has 0 atom stereocenters. The van der Waals surface area contributed by atoms with Gasteiger partial charge in [0, 0.05) is 23.4 Å². The Bertz CT molecular complexity index is 1170. The van der Waals surface area contributed by atoms with E-state index in [0.29, 0.717) is 21.9 Å². The third-order valence-electron chi connectivity index (χ3n) is 4.78. The van der Waals surface area contributed by atoms with Crippen LogP contribution in [0.1, 0.15) is 46.0 Å². The van der Waals surface area contributed by atoms with E-state index in [1.54, 1.807) is 43.3 Å². The van der Waals surface area contributed by atoms with Crippen LogP contribution in [-0.2, 0) is 9.53 Å². The minimum Gasteiger partial charge on any atom is -0.496 e. The Labute approximate surface area is 195 Å². The second kappa shape index (κ2) is 10.8. The summed E-state index contributed by atoms with van der Waals surface area (Å²) in [5.41, 5.74) is 2.06. The van der Waals surface area contributed by atoms with Gasteiger partial charge in [-0.3, -0.25) is 14.9 Å². The van der Waals surface area contributed by atoms with Crippen molar-refractivity contribution in [2.45, 2.75) is 26.7 Å². The van der Waals surface area contributed by atoms with Gasteiger partial charge >= 0.3 is 5.97 Å². The van der Waals surface area contributed by atoms with Gasteiger partial charge in [-0.15, -0.1) is 0 Å². The number of carbonyl (C=O) groups excluding carboxylic acids is 3. The molecule has 1 amide bonds. The zero-order valence-electron chi connectivity index (χ0n) is 18.4. The summed E-state index contributed by atoms with van der Waals surface area (Å²) in [6, 6.07) is 11.9. The van der Waals surface area contributed by atoms with E-state index in [9.17, 15) is 14.4 Å². The molecule has 0 saturated heterocycles. The number of nitrogens with zero attached hydrogens (tertiary/aromatic N) is 1. The van der Waals surface area contributed by atoms with Gasteiger partial charge in [-0.25, -0.2) is 4.79 Å². The average molecular weight is 471 g/mol. The van der Waals surface area contributed by atoms with Gasteiger partial charge in [-0.05, 0) is 38.1 Å². The lowest BCUT2D eigenvalue weighted by molar-refractivity contribution is -0.116. The standard InChI is InChI=1S/C24H23ClN2O6/c1-4-32-24(30)21-22(15-6-8-16(25)9-7-15)27-33-23(21)26-20(29)12-10-18(28)17-13-14(2)5-11-19(17)31-3/h5-9,11,13H,4,10,12H2,1-3H3,(H,26,29). The molecular formula is C24H23ClN2O6. The Morgan fingerprint density at radius 2 is 1.82 bits per heavy atom. The zero-order valence-corrected chi connectivity index (χ0v) is 19.2. The van der Waals surface area contributed by atoms with Crippen molar-refractivity contribution in [1.82, 2.24) is 5.16 Å². The zero-order chi connectivity index (χ0) is 24.0. The van der Waals surface area contributed by atoms with Crippen LogP contribution in [-0.4, -0.2) is 36.5 Å². The van der Waals surface area contributed by atoms with Crippen molar-refractivity contribution < 1.29 is 28.4 Å². The number of nitrogens with one attached hydrogen (secondary N) is 1. The Kier molecular flexibility index (Phi) is 7.84. The van der Waals surface area contributed by atoms with Crippen molar-refractivity contribution in [3.8, 4) is 17.0 Å². The number of rotatable bonds is 9. The smallest absolute Gasteiger partial charge is 0.346 e. The third-order valence-corrected chi connectivity index (χ3v) is 5.03. The molecule has 172 valence electrons. The second-order valence-corrected chi connectivity index (χ2v) is 7.57. The lowest BCUT2D eigenvalue weighted by atomic mass is 10.0. The molecule has 0 spiro atoms. The highest BCUT2D eigenvalue weighted by molar-refractivity contribution is 6.30. The second-order valence-electron chi connectivity index (χ2n) is 7.14. The summed E-state index contributed by atoms with van der Waals surface area (Å²) in [5, 5.41) is 6.97. The number of esters is 1. The molecule has 8 nitrogen and oxygen atoms in total. The minimum absolute atomic E-state index is 0.0146. The number of amides is 1. The first-order valence-corrected chi connectivity index (χ1v) is 10.6. The van der Waals surface area contributed by atoms with Gasteiger partial charge in [0.25, 0.3) is 0 Å². The molecule has 3 aromatic rings. The number of methoxy groups -OCH3 is 1. The number of aromatic nitrogens is 1. The molecule has 0 saturated carbocycles. The van der Waals surface area contributed by atoms with E-state index in [1.807, 2.05) is 13.0 Å². The van der Waals surface area contributed by atoms with Gasteiger partial charge in [0.2, 0.25) is 11.8 Å². The van der Waals surface area contributed by atoms with Gasteiger partial charge in [-0.1, -0.05) is 40.5 Å². The van der Waals surface area contributed by atoms with E-state index in [0.717, 1.165) is 5.56 Å².